The zero-order valence-electron chi connectivity index (χ0n) is 10.6. The quantitative estimate of drug-likeness (QED) is 0.597. The van der Waals surface area contributed by atoms with Gasteiger partial charge in [-0.3, -0.25) is 9.59 Å². The Balaban J connectivity index is 2.82. The highest BCUT2D eigenvalue weighted by atomic mass is 32.2. The molecule has 8 nitrogen and oxygen atoms in total. The molecule has 0 saturated carbocycles. The van der Waals surface area contributed by atoms with Crippen LogP contribution in [0.5, 0.6) is 0 Å². The molecule has 0 aliphatic carbocycles. The molecule has 1 heterocycles. The van der Waals surface area contributed by atoms with Crippen molar-refractivity contribution in [3.8, 4) is 0 Å². The summed E-state index contributed by atoms with van der Waals surface area (Å²) in [7, 11) is -3.73. The third-order valence-electron chi connectivity index (χ3n) is 3.08. The van der Waals surface area contributed by atoms with Gasteiger partial charge in [-0.15, -0.1) is 0 Å². The Hall–Kier alpha value is -1.19. The number of aliphatic carboxylic acids is 2. The number of hydrogen-bond donors (Lipinski definition) is 3. The summed E-state index contributed by atoms with van der Waals surface area (Å²) < 4.78 is 27.1. The topological polar surface area (TPSA) is 124 Å². The summed E-state index contributed by atoms with van der Waals surface area (Å²) in [6.45, 7) is 1.77. The number of rotatable bonds is 6. The first-order chi connectivity index (χ1) is 8.79. The lowest BCUT2D eigenvalue weighted by Crippen LogP contribution is -2.51. The normalized spacial score (nSPS) is 25.1. The van der Waals surface area contributed by atoms with Gasteiger partial charge in [0.2, 0.25) is 0 Å². The van der Waals surface area contributed by atoms with Crippen LogP contribution in [0.4, 0.5) is 0 Å². The largest absolute Gasteiger partial charge is 0.481 e. The lowest BCUT2D eigenvalue weighted by molar-refractivity contribution is -0.156. The van der Waals surface area contributed by atoms with Crippen molar-refractivity contribution in [2.45, 2.75) is 19.8 Å². The third kappa shape index (κ3) is 3.88. The number of carbonyl (C=O) groups is 2. The zero-order valence-corrected chi connectivity index (χ0v) is 11.4. The van der Waals surface area contributed by atoms with Crippen molar-refractivity contribution in [3.63, 3.8) is 0 Å². The molecule has 0 aromatic rings. The fourth-order valence-electron chi connectivity index (χ4n) is 2.01. The SMILES string of the molecule is CCCNS(=O)(=O)N1CCC(C(=O)O)C(C(=O)O)C1. The average molecular weight is 294 g/mol. The van der Waals surface area contributed by atoms with Gasteiger partial charge in [0, 0.05) is 19.6 Å². The molecule has 0 aromatic carbocycles. The van der Waals surface area contributed by atoms with Crippen molar-refractivity contribution < 1.29 is 28.2 Å². The van der Waals surface area contributed by atoms with Gasteiger partial charge >= 0.3 is 11.9 Å². The van der Waals surface area contributed by atoms with Crippen LogP contribution in [0.25, 0.3) is 0 Å². The van der Waals surface area contributed by atoms with Crippen molar-refractivity contribution in [1.82, 2.24) is 9.03 Å². The highest BCUT2D eigenvalue weighted by molar-refractivity contribution is 7.87. The van der Waals surface area contributed by atoms with Crippen molar-refractivity contribution >= 4 is 22.1 Å². The summed E-state index contributed by atoms with van der Waals surface area (Å²) in [5.74, 6) is -4.76. The molecule has 1 aliphatic heterocycles. The van der Waals surface area contributed by atoms with E-state index in [1.807, 2.05) is 0 Å². The van der Waals surface area contributed by atoms with Crippen molar-refractivity contribution in [3.05, 3.63) is 0 Å². The van der Waals surface area contributed by atoms with Crippen LogP contribution in [0, 0.1) is 11.8 Å². The third-order valence-corrected chi connectivity index (χ3v) is 4.66. The summed E-state index contributed by atoms with van der Waals surface area (Å²) in [4.78, 5) is 22.0. The first-order valence-corrected chi connectivity index (χ1v) is 7.44. The second-order valence-electron chi connectivity index (χ2n) is 4.44. The molecule has 1 aliphatic rings. The number of carboxylic acids is 2. The molecule has 1 fully saturated rings. The maximum Gasteiger partial charge on any atom is 0.308 e. The molecule has 0 radical (unpaired) electrons. The van der Waals surface area contributed by atoms with E-state index >= 15 is 0 Å². The predicted molar refractivity (Wildman–Crippen MR) is 65.7 cm³/mol. The molecule has 3 N–H and O–H groups in total. The molecule has 110 valence electrons. The maximum atomic E-state index is 11.9. The number of carboxylic acid groups (broad SMARTS) is 2. The predicted octanol–water partition coefficient (Wildman–Crippen LogP) is -0.662. The van der Waals surface area contributed by atoms with Crippen LogP contribution in [0.3, 0.4) is 0 Å². The van der Waals surface area contributed by atoms with Gasteiger partial charge in [0.05, 0.1) is 11.8 Å². The van der Waals surface area contributed by atoms with Crippen LogP contribution in [0.2, 0.25) is 0 Å². The number of nitrogens with one attached hydrogen (secondary N) is 1. The molecule has 0 spiro atoms. The van der Waals surface area contributed by atoms with E-state index in [9.17, 15) is 18.0 Å². The molecule has 1 saturated heterocycles. The smallest absolute Gasteiger partial charge is 0.308 e. The zero-order chi connectivity index (χ0) is 14.6. The van der Waals surface area contributed by atoms with Gasteiger partial charge in [-0.1, -0.05) is 6.92 Å². The Morgan fingerprint density at radius 1 is 1.26 bits per heavy atom. The van der Waals surface area contributed by atoms with Crippen LogP contribution < -0.4 is 4.72 Å². The van der Waals surface area contributed by atoms with E-state index in [1.54, 1.807) is 6.92 Å². The van der Waals surface area contributed by atoms with Gasteiger partial charge in [-0.25, -0.2) is 4.72 Å². The number of piperidine rings is 1. The molecular weight excluding hydrogens is 276 g/mol. The molecule has 1 rings (SSSR count). The fraction of sp³-hybridized carbons (Fsp3) is 0.800. The second-order valence-corrected chi connectivity index (χ2v) is 6.19. The first-order valence-electron chi connectivity index (χ1n) is 6.00. The summed E-state index contributed by atoms with van der Waals surface area (Å²) in [5.41, 5.74) is 0. The van der Waals surface area contributed by atoms with E-state index in [0.29, 0.717) is 6.42 Å². The highest BCUT2D eigenvalue weighted by Crippen LogP contribution is 2.25. The molecule has 19 heavy (non-hydrogen) atoms. The number of hydrogen-bond acceptors (Lipinski definition) is 4. The summed E-state index contributed by atoms with van der Waals surface area (Å²) in [6, 6.07) is 0. The molecule has 0 aromatic heterocycles. The Labute approximate surface area is 111 Å². The van der Waals surface area contributed by atoms with Crippen molar-refractivity contribution in [2.75, 3.05) is 19.6 Å². The summed E-state index contributed by atoms with van der Waals surface area (Å²) in [6.07, 6.45) is 0.618. The van der Waals surface area contributed by atoms with Crippen LogP contribution in [0.15, 0.2) is 0 Å². The minimum Gasteiger partial charge on any atom is -0.481 e. The van der Waals surface area contributed by atoms with Gasteiger partial charge in [-0.2, -0.15) is 12.7 Å². The van der Waals surface area contributed by atoms with Crippen LogP contribution in [0.1, 0.15) is 19.8 Å². The van der Waals surface area contributed by atoms with Crippen LogP contribution in [-0.2, 0) is 19.8 Å². The van der Waals surface area contributed by atoms with E-state index < -0.39 is 34.0 Å². The molecule has 9 heteroatoms. The molecule has 2 unspecified atom stereocenters. The second kappa shape index (κ2) is 6.31. The highest BCUT2D eigenvalue weighted by Gasteiger charge is 2.41. The summed E-state index contributed by atoms with van der Waals surface area (Å²) in [5, 5.41) is 18.0. The van der Waals surface area contributed by atoms with Gasteiger partial charge in [0.25, 0.3) is 10.2 Å². The Morgan fingerprint density at radius 2 is 1.84 bits per heavy atom. The standard InChI is InChI=1S/C10H18N2O6S/c1-2-4-11-19(17,18)12-5-3-7(9(13)14)8(6-12)10(15)16/h7-8,11H,2-6H2,1H3,(H,13,14)(H,15,16). The Morgan fingerprint density at radius 3 is 2.32 bits per heavy atom. The number of nitrogens with zero attached hydrogens (tertiary/aromatic N) is 1. The molecule has 0 amide bonds. The first kappa shape index (κ1) is 15.9. The fourth-order valence-corrected chi connectivity index (χ4v) is 3.36. The van der Waals surface area contributed by atoms with E-state index in [1.165, 1.54) is 0 Å². The van der Waals surface area contributed by atoms with Crippen molar-refractivity contribution in [1.29, 1.82) is 0 Å². The van der Waals surface area contributed by atoms with Crippen LogP contribution in [-0.4, -0.2) is 54.5 Å². The Kier molecular flexibility index (Phi) is 5.27. The minimum atomic E-state index is -3.73. The Bertz CT molecular complexity index is 449. The van der Waals surface area contributed by atoms with Gasteiger partial charge in [-0.05, 0) is 12.8 Å². The lowest BCUT2D eigenvalue weighted by Gasteiger charge is -2.33. The van der Waals surface area contributed by atoms with Gasteiger partial charge < -0.3 is 10.2 Å². The molecular formula is C10H18N2O6S. The molecule has 0 bridgehead atoms. The van der Waals surface area contributed by atoms with E-state index in [2.05, 4.69) is 4.72 Å². The van der Waals surface area contributed by atoms with Crippen LogP contribution >= 0.6 is 0 Å². The van der Waals surface area contributed by atoms with Gasteiger partial charge in [0.1, 0.15) is 0 Å². The minimum absolute atomic E-state index is 0.000660. The molecule has 2 atom stereocenters. The van der Waals surface area contributed by atoms with E-state index in [-0.39, 0.29) is 26.1 Å². The van der Waals surface area contributed by atoms with E-state index in [4.69, 9.17) is 10.2 Å². The van der Waals surface area contributed by atoms with Crippen molar-refractivity contribution in [2.24, 2.45) is 11.8 Å². The average Bonchev–Trinajstić information content (AvgIpc) is 2.35. The lowest BCUT2D eigenvalue weighted by atomic mass is 9.86. The summed E-state index contributed by atoms with van der Waals surface area (Å²) >= 11 is 0. The monoisotopic (exact) mass is 294 g/mol. The maximum absolute atomic E-state index is 11.9. The van der Waals surface area contributed by atoms with E-state index in [0.717, 1.165) is 4.31 Å². The van der Waals surface area contributed by atoms with Gasteiger partial charge in [0.15, 0.2) is 0 Å².